The number of benzene rings is 2. The van der Waals surface area contributed by atoms with Gasteiger partial charge in [0.25, 0.3) is 5.91 Å². The number of nitrogens with one attached hydrogen (secondary N) is 2. The van der Waals surface area contributed by atoms with Crippen LogP contribution in [0, 0.1) is 5.92 Å². The van der Waals surface area contributed by atoms with Gasteiger partial charge in [-0.2, -0.15) is 0 Å². The number of pyridine rings is 1. The van der Waals surface area contributed by atoms with Crippen molar-refractivity contribution in [2.75, 3.05) is 11.9 Å². The molecule has 39 heavy (non-hydrogen) atoms. The summed E-state index contributed by atoms with van der Waals surface area (Å²) >= 11 is 0. The molecular formula is C32H32N6O. The van der Waals surface area contributed by atoms with Gasteiger partial charge in [-0.15, -0.1) is 0 Å². The van der Waals surface area contributed by atoms with E-state index in [0.717, 1.165) is 64.3 Å². The molecule has 0 radical (unpaired) electrons. The summed E-state index contributed by atoms with van der Waals surface area (Å²) in [6, 6.07) is 18.4. The molecule has 2 aliphatic rings. The first kappa shape index (κ1) is 23.8. The van der Waals surface area contributed by atoms with Crippen molar-refractivity contribution in [2.45, 2.75) is 51.0 Å². The van der Waals surface area contributed by atoms with Crippen molar-refractivity contribution in [3.8, 4) is 22.5 Å². The average Bonchev–Trinajstić information content (AvgIpc) is 3.70. The number of rotatable bonds is 7. The van der Waals surface area contributed by atoms with Gasteiger partial charge < -0.3 is 10.6 Å². The van der Waals surface area contributed by atoms with Crippen molar-refractivity contribution in [3.63, 3.8) is 0 Å². The third kappa shape index (κ3) is 4.85. The zero-order valence-corrected chi connectivity index (χ0v) is 21.9. The van der Waals surface area contributed by atoms with Gasteiger partial charge in [0.2, 0.25) is 0 Å². The van der Waals surface area contributed by atoms with E-state index in [-0.39, 0.29) is 5.91 Å². The van der Waals surface area contributed by atoms with Crippen LogP contribution in [0.1, 0.15) is 55.3 Å². The maximum absolute atomic E-state index is 12.5. The minimum atomic E-state index is -0.00700. The van der Waals surface area contributed by atoms with Crippen LogP contribution in [0.25, 0.3) is 39.1 Å². The fourth-order valence-electron chi connectivity index (χ4n) is 5.70. The Morgan fingerprint density at radius 2 is 1.77 bits per heavy atom. The minimum absolute atomic E-state index is 0.00700. The van der Waals surface area contributed by atoms with Crippen LogP contribution in [0.15, 0.2) is 73.2 Å². The number of imidazole rings is 1. The van der Waals surface area contributed by atoms with Crippen LogP contribution in [0.3, 0.4) is 0 Å². The molecule has 7 heteroatoms. The molecule has 2 fully saturated rings. The van der Waals surface area contributed by atoms with Crippen LogP contribution < -0.4 is 10.6 Å². The summed E-state index contributed by atoms with van der Waals surface area (Å²) in [4.78, 5) is 27.0. The summed E-state index contributed by atoms with van der Waals surface area (Å²) in [6.07, 6.45) is 14.4. The number of fused-ring (bicyclic) bond motifs is 2. The van der Waals surface area contributed by atoms with Gasteiger partial charge in [0, 0.05) is 47.1 Å². The third-order valence-corrected chi connectivity index (χ3v) is 8.05. The molecule has 2 N–H and O–H groups in total. The fourth-order valence-corrected chi connectivity index (χ4v) is 5.70. The highest BCUT2D eigenvalue weighted by molar-refractivity contribution is 5.95. The van der Waals surface area contributed by atoms with Crippen LogP contribution in [0.2, 0.25) is 0 Å². The monoisotopic (exact) mass is 516 g/mol. The Morgan fingerprint density at radius 1 is 0.923 bits per heavy atom. The fraction of sp³-hybridized carbons (Fsp3) is 0.312. The van der Waals surface area contributed by atoms with Crippen LogP contribution in [-0.2, 0) is 0 Å². The Labute approximate surface area is 227 Å². The maximum atomic E-state index is 12.5. The number of carbonyl (C=O) groups is 1. The second-order valence-corrected chi connectivity index (χ2v) is 10.9. The number of hydrogen-bond donors (Lipinski definition) is 2. The SMILES string of the molecule is O=C(NC1CC1)c1ccc(-c2cnc3c(NCC4CCCCC4)nc(-c4cccc5ncccc45)cn23)cc1. The molecule has 2 aliphatic carbocycles. The van der Waals surface area contributed by atoms with Gasteiger partial charge in [0.05, 0.1) is 23.1 Å². The summed E-state index contributed by atoms with van der Waals surface area (Å²) in [5.74, 6) is 1.45. The average molecular weight is 517 g/mol. The van der Waals surface area contributed by atoms with Gasteiger partial charge >= 0.3 is 0 Å². The Morgan fingerprint density at radius 3 is 2.59 bits per heavy atom. The van der Waals surface area contributed by atoms with Gasteiger partial charge in [0.1, 0.15) is 0 Å². The first-order valence-corrected chi connectivity index (χ1v) is 14.1. The summed E-state index contributed by atoms with van der Waals surface area (Å²) in [6.45, 7) is 0.899. The highest BCUT2D eigenvalue weighted by Gasteiger charge is 2.24. The van der Waals surface area contributed by atoms with Crippen molar-refractivity contribution in [2.24, 2.45) is 5.92 Å². The third-order valence-electron chi connectivity index (χ3n) is 8.05. The molecule has 3 heterocycles. The summed E-state index contributed by atoms with van der Waals surface area (Å²) in [5, 5.41) is 7.80. The van der Waals surface area contributed by atoms with Crippen molar-refractivity contribution in [3.05, 3.63) is 78.8 Å². The number of anilines is 1. The molecule has 1 amide bonds. The van der Waals surface area contributed by atoms with E-state index in [1.807, 2.05) is 54.9 Å². The second-order valence-electron chi connectivity index (χ2n) is 10.9. The molecule has 196 valence electrons. The lowest BCUT2D eigenvalue weighted by Gasteiger charge is -2.22. The summed E-state index contributed by atoms with van der Waals surface area (Å²) in [7, 11) is 0. The van der Waals surface area contributed by atoms with Crippen molar-refractivity contribution in [1.29, 1.82) is 0 Å². The van der Waals surface area contributed by atoms with E-state index in [9.17, 15) is 4.79 Å². The van der Waals surface area contributed by atoms with E-state index in [4.69, 9.17) is 9.97 Å². The normalized spacial score (nSPS) is 16.0. The Hall–Kier alpha value is -4.26. The topological polar surface area (TPSA) is 84.2 Å². The smallest absolute Gasteiger partial charge is 0.251 e. The summed E-state index contributed by atoms with van der Waals surface area (Å²) in [5.41, 5.74) is 6.29. The van der Waals surface area contributed by atoms with E-state index in [1.54, 1.807) is 0 Å². The van der Waals surface area contributed by atoms with E-state index in [2.05, 4.69) is 38.3 Å². The number of aromatic nitrogens is 4. The Bertz CT molecular complexity index is 1640. The van der Waals surface area contributed by atoms with Crippen LogP contribution >= 0.6 is 0 Å². The van der Waals surface area contributed by atoms with Gasteiger partial charge in [0.15, 0.2) is 11.5 Å². The predicted octanol–water partition coefficient (Wildman–Crippen LogP) is 6.50. The van der Waals surface area contributed by atoms with Crippen LogP contribution in [0.5, 0.6) is 0 Å². The largest absolute Gasteiger partial charge is 0.367 e. The summed E-state index contributed by atoms with van der Waals surface area (Å²) < 4.78 is 2.13. The van der Waals surface area contributed by atoms with E-state index in [1.165, 1.54) is 32.1 Å². The second kappa shape index (κ2) is 10.1. The van der Waals surface area contributed by atoms with Crippen molar-refractivity contribution < 1.29 is 4.79 Å². The lowest BCUT2D eigenvalue weighted by Crippen LogP contribution is -2.25. The highest BCUT2D eigenvalue weighted by atomic mass is 16.1. The molecule has 0 bridgehead atoms. The van der Waals surface area contributed by atoms with E-state index >= 15 is 0 Å². The van der Waals surface area contributed by atoms with Gasteiger partial charge in [-0.3, -0.25) is 14.2 Å². The van der Waals surface area contributed by atoms with E-state index in [0.29, 0.717) is 17.5 Å². The first-order valence-electron chi connectivity index (χ1n) is 14.1. The van der Waals surface area contributed by atoms with Crippen LogP contribution in [0.4, 0.5) is 5.82 Å². The number of nitrogens with zero attached hydrogens (tertiary/aromatic N) is 4. The zero-order chi connectivity index (χ0) is 26.2. The van der Waals surface area contributed by atoms with Crippen molar-refractivity contribution in [1.82, 2.24) is 24.7 Å². The molecular weight excluding hydrogens is 484 g/mol. The molecule has 7 rings (SSSR count). The number of carbonyl (C=O) groups excluding carboxylic acids is 1. The number of hydrogen-bond acceptors (Lipinski definition) is 5. The maximum Gasteiger partial charge on any atom is 0.251 e. The zero-order valence-electron chi connectivity index (χ0n) is 21.9. The molecule has 0 atom stereocenters. The molecule has 0 spiro atoms. The lowest BCUT2D eigenvalue weighted by atomic mass is 9.89. The Balaban J connectivity index is 1.30. The van der Waals surface area contributed by atoms with Crippen LogP contribution in [-0.4, -0.2) is 37.8 Å². The van der Waals surface area contributed by atoms with Gasteiger partial charge in [-0.05, 0) is 55.9 Å². The molecule has 0 saturated heterocycles. The highest BCUT2D eigenvalue weighted by Crippen LogP contribution is 2.32. The minimum Gasteiger partial charge on any atom is -0.367 e. The molecule has 0 aliphatic heterocycles. The lowest BCUT2D eigenvalue weighted by molar-refractivity contribution is 0.0951. The molecule has 2 aromatic carbocycles. The molecule has 2 saturated carbocycles. The molecule has 5 aromatic rings. The van der Waals surface area contributed by atoms with Crippen molar-refractivity contribution >= 4 is 28.3 Å². The number of amides is 1. The predicted molar refractivity (Wildman–Crippen MR) is 155 cm³/mol. The molecule has 7 nitrogen and oxygen atoms in total. The Kier molecular flexibility index (Phi) is 6.19. The first-order chi connectivity index (χ1) is 19.2. The van der Waals surface area contributed by atoms with Gasteiger partial charge in [-0.25, -0.2) is 9.97 Å². The van der Waals surface area contributed by atoms with Gasteiger partial charge in [-0.1, -0.05) is 49.6 Å². The quantitative estimate of drug-likeness (QED) is 0.258. The molecule has 3 aromatic heterocycles. The molecule has 0 unspecified atom stereocenters. The standard InChI is InChI=1S/C32H32N6O/c39-32(36-24-15-16-24)23-13-11-22(12-14-23)29-19-35-31-30(34-18-21-6-2-1-3-7-21)37-28(20-38(29)31)26-8-4-10-27-25(26)9-5-17-33-27/h4-5,8-14,17,19-21,24H,1-3,6-7,15-16,18H2,(H,34,37)(H,36,39). The van der Waals surface area contributed by atoms with E-state index < -0.39 is 0 Å².